The van der Waals surface area contributed by atoms with Gasteiger partial charge in [-0.2, -0.15) is 0 Å². The van der Waals surface area contributed by atoms with Gasteiger partial charge in [0, 0.05) is 19.3 Å². The predicted octanol–water partition coefficient (Wildman–Crippen LogP) is 5.05. The Morgan fingerprint density at radius 2 is 1.68 bits per heavy atom. The first-order chi connectivity index (χ1) is 18.3. The average Bonchev–Trinajstić information content (AvgIpc) is 2.92. The predicted molar refractivity (Wildman–Crippen MR) is 147 cm³/mol. The summed E-state index contributed by atoms with van der Waals surface area (Å²) in [7, 11) is 1.19. The third-order valence-corrected chi connectivity index (χ3v) is 7.63. The summed E-state index contributed by atoms with van der Waals surface area (Å²) in [5.41, 5.74) is 2.76. The zero-order chi connectivity index (χ0) is 27.5. The van der Waals surface area contributed by atoms with E-state index in [1.165, 1.54) is 14.2 Å². The molecule has 11 heteroatoms. The molecule has 0 heterocycles. The first-order valence-electron chi connectivity index (χ1n) is 11.8. The molecule has 0 saturated heterocycles. The van der Waals surface area contributed by atoms with Gasteiger partial charge >= 0.3 is 12.0 Å². The maximum atomic E-state index is 12.1. The topological polar surface area (TPSA) is 138 Å². The minimum absolute atomic E-state index is 0.273. The van der Waals surface area contributed by atoms with Crippen LogP contribution in [0, 0.1) is 0 Å². The van der Waals surface area contributed by atoms with Crippen molar-refractivity contribution in [3.05, 3.63) is 78.4 Å². The molecule has 0 saturated carbocycles. The SMILES string of the molecule is COCCNC(=O)Nc1cccc(-c2ccc(OC)c(S(O)(NC(CC(=O)O)c3ccccc3)OC)c2)c1. The van der Waals surface area contributed by atoms with Gasteiger partial charge in [0.25, 0.3) is 0 Å². The van der Waals surface area contributed by atoms with Crippen molar-refractivity contribution in [3.8, 4) is 16.9 Å². The maximum absolute atomic E-state index is 12.1. The average molecular weight is 544 g/mol. The first kappa shape index (κ1) is 29.0. The normalized spacial score (nSPS) is 14.1. The fraction of sp³-hybridized carbons (Fsp3) is 0.259. The maximum Gasteiger partial charge on any atom is 0.319 e. The monoisotopic (exact) mass is 543 g/mol. The van der Waals surface area contributed by atoms with E-state index in [2.05, 4.69) is 15.4 Å². The summed E-state index contributed by atoms with van der Waals surface area (Å²) in [5, 5.41) is 15.0. The molecule has 38 heavy (non-hydrogen) atoms. The van der Waals surface area contributed by atoms with Crippen LogP contribution in [0.4, 0.5) is 10.5 Å². The molecule has 0 bridgehead atoms. The largest absolute Gasteiger partial charge is 0.495 e. The van der Waals surface area contributed by atoms with Crippen LogP contribution in [-0.2, 0) is 13.7 Å². The van der Waals surface area contributed by atoms with Crippen LogP contribution in [0.25, 0.3) is 11.1 Å². The van der Waals surface area contributed by atoms with Gasteiger partial charge in [0.1, 0.15) is 10.6 Å². The fourth-order valence-electron chi connectivity index (χ4n) is 3.77. The van der Waals surface area contributed by atoms with Crippen LogP contribution in [0.1, 0.15) is 18.0 Å². The number of carbonyl (C=O) groups is 2. The van der Waals surface area contributed by atoms with E-state index < -0.39 is 22.8 Å². The molecule has 10 nitrogen and oxygen atoms in total. The number of hydrogen-bond donors (Lipinski definition) is 5. The third-order valence-electron chi connectivity index (χ3n) is 5.63. The Bertz CT molecular complexity index is 1230. The Morgan fingerprint density at radius 1 is 0.947 bits per heavy atom. The molecule has 2 unspecified atom stereocenters. The van der Waals surface area contributed by atoms with E-state index in [9.17, 15) is 19.2 Å². The lowest BCUT2D eigenvalue weighted by atomic mass is 10.0. The van der Waals surface area contributed by atoms with E-state index in [1.807, 2.05) is 18.2 Å². The number of ether oxygens (including phenoxy) is 2. The summed E-state index contributed by atoms with van der Waals surface area (Å²) in [6.07, 6.45) is -0.273. The highest BCUT2D eigenvalue weighted by atomic mass is 32.3. The Hall–Kier alpha value is -3.61. The van der Waals surface area contributed by atoms with Crippen molar-refractivity contribution in [2.24, 2.45) is 0 Å². The van der Waals surface area contributed by atoms with Crippen LogP contribution in [0.3, 0.4) is 0 Å². The van der Waals surface area contributed by atoms with E-state index in [-0.39, 0.29) is 12.5 Å². The number of nitrogens with one attached hydrogen (secondary N) is 3. The molecule has 3 rings (SSSR count). The van der Waals surface area contributed by atoms with Crippen molar-refractivity contribution in [3.63, 3.8) is 0 Å². The van der Waals surface area contributed by atoms with Crippen molar-refractivity contribution in [1.82, 2.24) is 10.0 Å². The fourth-order valence-corrected chi connectivity index (χ4v) is 5.49. The number of methoxy groups -OCH3 is 2. The van der Waals surface area contributed by atoms with Crippen LogP contribution in [-0.4, -0.2) is 56.1 Å². The molecule has 0 aliphatic carbocycles. The number of carbonyl (C=O) groups excluding carboxylic acids is 1. The third kappa shape index (κ3) is 7.70. The van der Waals surface area contributed by atoms with Crippen LogP contribution in [0.5, 0.6) is 5.75 Å². The van der Waals surface area contributed by atoms with Crippen molar-refractivity contribution in [2.75, 3.05) is 39.8 Å². The number of hydrogen-bond acceptors (Lipinski definition) is 7. The summed E-state index contributed by atoms with van der Waals surface area (Å²) >= 11 is 0. The highest BCUT2D eigenvalue weighted by Gasteiger charge is 2.29. The van der Waals surface area contributed by atoms with Gasteiger partial charge in [-0.15, -0.1) is 10.8 Å². The first-order valence-corrected chi connectivity index (χ1v) is 13.3. The van der Waals surface area contributed by atoms with E-state index in [4.69, 9.17) is 13.7 Å². The van der Waals surface area contributed by atoms with Gasteiger partial charge in [-0.05, 0) is 41.0 Å². The van der Waals surface area contributed by atoms with Crippen molar-refractivity contribution < 1.29 is 32.9 Å². The highest BCUT2D eigenvalue weighted by molar-refractivity contribution is 8.23. The minimum Gasteiger partial charge on any atom is -0.495 e. The van der Waals surface area contributed by atoms with Crippen molar-refractivity contribution >= 4 is 28.5 Å². The lowest BCUT2D eigenvalue weighted by Gasteiger charge is -2.41. The second kappa shape index (κ2) is 13.8. The Kier molecular flexibility index (Phi) is 10.5. The summed E-state index contributed by atoms with van der Waals surface area (Å²) in [4.78, 5) is 24.1. The van der Waals surface area contributed by atoms with Crippen molar-refractivity contribution in [2.45, 2.75) is 17.4 Å². The molecule has 0 aromatic heterocycles. The van der Waals surface area contributed by atoms with Gasteiger partial charge in [-0.1, -0.05) is 48.5 Å². The van der Waals surface area contributed by atoms with E-state index in [1.54, 1.807) is 61.7 Å². The number of benzene rings is 3. The smallest absolute Gasteiger partial charge is 0.319 e. The zero-order valence-electron chi connectivity index (χ0n) is 21.5. The molecular formula is C27H33N3O7S. The molecule has 0 aliphatic heterocycles. The number of aliphatic carboxylic acids is 1. The highest BCUT2D eigenvalue weighted by Crippen LogP contribution is 2.55. The number of rotatable bonds is 13. The Morgan fingerprint density at radius 3 is 2.34 bits per heavy atom. The molecule has 3 aromatic carbocycles. The Balaban J connectivity index is 1.94. The molecule has 2 amide bonds. The standard InChI is InChI=1S/C27H33N3O7S/c1-35-15-14-28-27(33)29-22-11-7-10-20(16-22)21-12-13-24(36-2)25(17-21)38(34,37-3)30-23(18-26(31)32)19-8-5-4-6-9-19/h4-13,16-17,23,30,34H,14-15,18H2,1-3H3,(H,31,32)(H2,28,29,33). The molecule has 0 radical (unpaired) electrons. The van der Waals surface area contributed by atoms with Gasteiger partial charge in [0.2, 0.25) is 0 Å². The lowest BCUT2D eigenvalue weighted by Crippen LogP contribution is -2.31. The molecule has 3 aromatic rings. The van der Waals surface area contributed by atoms with E-state index in [0.717, 1.165) is 11.1 Å². The number of amides is 2. The second-order valence-corrected chi connectivity index (χ2v) is 10.3. The zero-order valence-corrected chi connectivity index (χ0v) is 22.3. The molecule has 2 atom stereocenters. The number of anilines is 1. The summed E-state index contributed by atoms with van der Waals surface area (Å²) in [5.74, 6) is -0.657. The Labute approximate surface area is 223 Å². The molecular weight excluding hydrogens is 510 g/mol. The van der Waals surface area contributed by atoms with Gasteiger partial charge in [-0.25, -0.2) is 9.52 Å². The molecule has 5 N–H and O–H groups in total. The summed E-state index contributed by atoms with van der Waals surface area (Å²) in [6, 6.07) is 20.4. The van der Waals surface area contributed by atoms with E-state index >= 15 is 0 Å². The lowest BCUT2D eigenvalue weighted by molar-refractivity contribution is -0.137. The van der Waals surface area contributed by atoms with Crippen LogP contribution in [0.15, 0.2) is 77.7 Å². The molecule has 0 spiro atoms. The van der Waals surface area contributed by atoms with Crippen LogP contribution < -0.4 is 20.1 Å². The van der Waals surface area contributed by atoms with Gasteiger partial charge in [0.15, 0.2) is 0 Å². The van der Waals surface area contributed by atoms with Gasteiger partial charge < -0.3 is 25.2 Å². The minimum atomic E-state index is -3.19. The second-order valence-electron chi connectivity index (χ2n) is 8.19. The number of carboxylic acids is 1. The molecule has 0 fully saturated rings. The van der Waals surface area contributed by atoms with Gasteiger partial charge in [-0.3, -0.25) is 13.5 Å². The van der Waals surface area contributed by atoms with E-state index in [0.29, 0.717) is 35.0 Å². The quantitative estimate of drug-likeness (QED) is 0.189. The van der Waals surface area contributed by atoms with Gasteiger partial charge in [0.05, 0.1) is 33.3 Å². The molecule has 0 aliphatic rings. The summed E-state index contributed by atoms with van der Waals surface area (Å²) in [6.45, 7) is 0.777. The van der Waals surface area contributed by atoms with Crippen LogP contribution in [0.2, 0.25) is 0 Å². The number of urea groups is 1. The summed E-state index contributed by atoms with van der Waals surface area (Å²) < 4.78 is 30.8. The molecule has 204 valence electrons. The van der Waals surface area contributed by atoms with Crippen molar-refractivity contribution in [1.29, 1.82) is 0 Å². The van der Waals surface area contributed by atoms with Crippen LogP contribution >= 0.6 is 10.8 Å². The number of carboxylic acid groups (broad SMARTS) is 1.